The maximum atomic E-state index is 9.30. The fraction of sp³-hybridized carbons (Fsp3) is 1.00. The van der Waals surface area contributed by atoms with Crippen LogP contribution >= 0.6 is 0 Å². The van der Waals surface area contributed by atoms with Crippen LogP contribution in [0.5, 0.6) is 0 Å². The second kappa shape index (κ2) is 3.82. The van der Waals surface area contributed by atoms with E-state index in [4.69, 9.17) is 4.74 Å². The molecule has 1 unspecified atom stereocenters. The van der Waals surface area contributed by atoms with Crippen LogP contribution in [0, 0.1) is 11.8 Å². The second-order valence-corrected chi connectivity index (χ2v) is 5.47. The van der Waals surface area contributed by atoms with E-state index in [1.165, 1.54) is 0 Å². The second-order valence-electron chi connectivity index (χ2n) is 5.47. The Morgan fingerprint density at radius 1 is 1.14 bits per heavy atom. The smallest absolute Gasteiger partial charge is 0.0893 e. The summed E-state index contributed by atoms with van der Waals surface area (Å²) in [6.45, 7) is 11.0. The summed E-state index contributed by atoms with van der Waals surface area (Å²) < 4.78 is 6.16. The molecule has 0 saturated carbocycles. The van der Waals surface area contributed by atoms with Gasteiger partial charge in [0.15, 0.2) is 0 Å². The molecule has 0 aromatic rings. The lowest BCUT2D eigenvalue weighted by atomic mass is 9.78. The maximum absolute atomic E-state index is 9.30. The molecular weight excluding hydrogens is 176 g/mol. The lowest BCUT2D eigenvalue weighted by Crippen LogP contribution is -2.44. The largest absolute Gasteiger partial charge is 0.393 e. The van der Waals surface area contributed by atoms with Crippen LogP contribution in [0.25, 0.3) is 0 Å². The highest BCUT2D eigenvalue weighted by Crippen LogP contribution is 2.46. The zero-order valence-electron chi connectivity index (χ0n) is 10.1. The fourth-order valence-corrected chi connectivity index (χ4v) is 2.61. The third kappa shape index (κ3) is 1.82. The summed E-state index contributed by atoms with van der Waals surface area (Å²) in [5.74, 6) is 1.02. The van der Waals surface area contributed by atoms with Gasteiger partial charge >= 0.3 is 0 Å². The molecule has 1 aliphatic heterocycles. The molecule has 0 amide bonds. The van der Waals surface area contributed by atoms with Gasteiger partial charge in [0.2, 0.25) is 0 Å². The van der Waals surface area contributed by atoms with Gasteiger partial charge in [-0.2, -0.15) is 0 Å². The highest BCUT2D eigenvalue weighted by atomic mass is 16.5. The van der Waals surface area contributed by atoms with E-state index in [9.17, 15) is 5.11 Å². The normalized spacial score (nSPS) is 31.7. The zero-order chi connectivity index (χ0) is 11.0. The van der Waals surface area contributed by atoms with E-state index < -0.39 is 0 Å². The molecule has 1 aliphatic rings. The molecular formula is C12H24O2. The highest BCUT2D eigenvalue weighted by Gasteiger charge is 2.49. The number of aliphatic hydroxyl groups is 1. The Morgan fingerprint density at radius 2 is 1.64 bits per heavy atom. The molecule has 84 valence electrons. The lowest BCUT2D eigenvalue weighted by Gasteiger charge is -2.39. The van der Waals surface area contributed by atoms with Crippen molar-refractivity contribution in [1.29, 1.82) is 0 Å². The minimum absolute atomic E-state index is 0.0303. The van der Waals surface area contributed by atoms with Crippen LogP contribution in [0.1, 0.15) is 47.5 Å². The summed E-state index contributed by atoms with van der Waals surface area (Å²) >= 11 is 0. The summed E-state index contributed by atoms with van der Waals surface area (Å²) in [5, 5.41) is 9.30. The van der Waals surface area contributed by atoms with Gasteiger partial charge in [-0.3, -0.25) is 0 Å². The maximum Gasteiger partial charge on any atom is 0.0893 e. The average Bonchev–Trinajstić information content (AvgIpc) is 2.46. The highest BCUT2D eigenvalue weighted by molar-refractivity contribution is 4.98. The Hall–Kier alpha value is -0.0800. The predicted octanol–water partition coefficient (Wildman–Crippen LogP) is 2.60. The zero-order valence-corrected chi connectivity index (χ0v) is 10.1. The van der Waals surface area contributed by atoms with Crippen molar-refractivity contribution in [2.24, 2.45) is 11.8 Å². The van der Waals surface area contributed by atoms with Gasteiger partial charge in [0.1, 0.15) is 0 Å². The van der Waals surface area contributed by atoms with Gasteiger partial charge < -0.3 is 9.84 Å². The van der Waals surface area contributed by atoms with Crippen LogP contribution in [0.2, 0.25) is 0 Å². The molecule has 1 fully saturated rings. The van der Waals surface area contributed by atoms with E-state index in [1.807, 2.05) is 6.92 Å². The third-order valence-corrected chi connectivity index (χ3v) is 3.77. The summed E-state index contributed by atoms with van der Waals surface area (Å²) in [6.07, 6.45) is 2.04. The van der Waals surface area contributed by atoms with E-state index >= 15 is 0 Å². The Labute approximate surface area is 87.7 Å². The SMILES string of the molecule is CC(C)C1(C(C)C)CCC(C)(CO)O1. The molecule has 0 aromatic carbocycles. The predicted molar refractivity (Wildman–Crippen MR) is 58.2 cm³/mol. The van der Waals surface area contributed by atoms with Crippen LogP contribution < -0.4 is 0 Å². The molecule has 0 aliphatic carbocycles. The van der Waals surface area contributed by atoms with Gasteiger partial charge in [-0.15, -0.1) is 0 Å². The molecule has 14 heavy (non-hydrogen) atoms. The molecule has 1 N–H and O–H groups in total. The van der Waals surface area contributed by atoms with Crippen LogP contribution in [0.3, 0.4) is 0 Å². The molecule has 0 bridgehead atoms. The molecule has 0 spiro atoms. The van der Waals surface area contributed by atoms with Crippen LogP contribution in [0.15, 0.2) is 0 Å². The van der Waals surface area contributed by atoms with Crippen LogP contribution in [0.4, 0.5) is 0 Å². The topological polar surface area (TPSA) is 29.5 Å². The van der Waals surface area contributed by atoms with E-state index in [1.54, 1.807) is 0 Å². The first-order valence-electron chi connectivity index (χ1n) is 5.67. The monoisotopic (exact) mass is 200 g/mol. The Morgan fingerprint density at radius 3 is 1.86 bits per heavy atom. The quantitative estimate of drug-likeness (QED) is 0.759. The molecule has 1 saturated heterocycles. The molecule has 2 nitrogen and oxygen atoms in total. The van der Waals surface area contributed by atoms with E-state index in [-0.39, 0.29) is 17.8 Å². The first kappa shape index (κ1) is 12.0. The summed E-state index contributed by atoms with van der Waals surface area (Å²) in [5.41, 5.74) is -0.341. The average molecular weight is 200 g/mol. The standard InChI is InChI=1S/C12H24O2/c1-9(2)12(10(3)4)7-6-11(5,8-13)14-12/h9-10,13H,6-8H2,1-5H3. The molecule has 0 radical (unpaired) electrons. The molecule has 1 heterocycles. The summed E-state index contributed by atoms with van der Waals surface area (Å²) in [7, 11) is 0. The van der Waals surface area contributed by atoms with Crippen molar-refractivity contribution in [1.82, 2.24) is 0 Å². The van der Waals surface area contributed by atoms with Gasteiger partial charge in [0, 0.05) is 0 Å². The first-order valence-corrected chi connectivity index (χ1v) is 5.67. The van der Waals surface area contributed by atoms with E-state index in [0.717, 1.165) is 12.8 Å². The van der Waals surface area contributed by atoms with Crippen molar-refractivity contribution < 1.29 is 9.84 Å². The number of rotatable bonds is 3. The van der Waals surface area contributed by atoms with Crippen LogP contribution in [-0.2, 0) is 4.74 Å². The molecule has 1 atom stereocenters. The minimum atomic E-state index is -0.311. The Balaban J connectivity index is 2.85. The lowest BCUT2D eigenvalue weighted by molar-refractivity contribution is -0.155. The number of hydrogen-bond donors (Lipinski definition) is 1. The third-order valence-electron chi connectivity index (χ3n) is 3.77. The minimum Gasteiger partial charge on any atom is -0.393 e. The van der Waals surface area contributed by atoms with E-state index in [2.05, 4.69) is 27.7 Å². The molecule has 0 aromatic heterocycles. The number of hydrogen-bond acceptors (Lipinski definition) is 2. The van der Waals surface area contributed by atoms with Crippen molar-refractivity contribution in [3.8, 4) is 0 Å². The van der Waals surface area contributed by atoms with Crippen molar-refractivity contribution in [2.45, 2.75) is 58.7 Å². The van der Waals surface area contributed by atoms with Gasteiger partial charge in [-0.1, -0.05) is 27.7 Å². The van der Waals surface area contributed by atoms with Gasteiger partial charge in [-0.25, -0.2) is 0 Å². The Bertz CT molecular complexity index is 190. The molecule has 2 heteroatoms. The first-order chi connectivity index (χ1) is 6.36. The fourth-order valence-electron chi connectivity index (χ4n) is 2.61. The summed E-state index contributed by atoms with van der Waals surface area (Å²) in [4.78, 5) is 0. The van der Waals surface area contributed by atoms with Crippen molar-refractivity contribution >= 4 is 0 Å². The van der Waals surface area contributed by atoms with Gasteiger partial charge in [0.25, 0.3) is 0 Å². The number of aliphatic hydroxyl groups excluding tert-OH is 1. The van der Waals surface area contributed by atoms with Crippen molar-refractivity contribution in [2.75, 3.05) is 6.61 Å². The van der Waals surface area contributed by atoms with Crippen molar-refractivity contribution in [3.63, 3.8) is 0 Å². The van der Waals surface area contributed by atoms with Crippen molar-refractivity contribution in [3.05, 3.63) is 0 Å². The van der Waals surface area contributed by atoms with Crippen LogP contribution in [-0.4, -0.2) is 22.9 Å². The summed E-state index contributed by atoms with van der Waals surface area (Å²) in [6, 6.07) is 0. The van der Waals surface area contributed by atoms with Gasteiger partial charge in [-0.05, 0) is 31.6 Å². The number of ether oxygens (including phenoxy) is 1. The Kier molecular flexibility index (Phi) is 3.27. The van der Waals surface area contributed by atoms with Gasteiger partial charge in [0.05, 0.1) is 17.8 Å². The van der Waals surface area contributed by atoms with E-state index in [0.29, 0.717) is 11.8 Å². The molecule has 1 rings (SSSR count).